The average molecular weight is 289 g/mol. The van der Waals surface area contributed by atoms with E-state index in [1.54, 1.807) is 19.2 Å². The van der Waals surface area contributed by atoms with Crippen LogP contribution < -0.4 is 10.1 Å². The quantitative estimate of drug-likeness (QED) is 0.858. The van der Waals surface area contributed by atoms with Crippen LogP contribution in [0.2, 0.25) is 0 Å². The molecular weight excluding hydrogens is 269 g/mol. The molecule has 2 unspecified atom stereocenters. The molecule has 0 fully saturated rings. The predicted octanol–water partition coefficient (Wildman–Crippen LogP) is 3.22. The lowest BCUT2D eigenvalue weighted by Gasteiger charge is -2.19. The van der Waals surface area contributed by atoms with Gasteiger partial charge in [-0.3, -0.25) is 0 Å². The summed E-state index contributed by atoms with van der Waals surface area (Å²) in [4.78, 5) is 0. The Hall–Kier alpha value is -1.91. The minimum atomic E-state index is -0.678. The van der Waals surface area contributed by atoms with Crippen molar-refractivity contribution in [2.75, 3.05) is 13.7 Å². The van der Waals surface area contributed by atoms with Gasteiger partial charge < -0.3 is 15.2 Å². The zero-order valence-corrected chi connectivity index (χ0v) is 12.2. The molecule has 0 spiro atoms. The number of aliphatic hydroxyl groups is 1. The lowest BCUT2D eigenvalue weighted by atomic mass is 10.1. The van der Waals surface area contributed by atoms with E-state index in [-0.39, 0.29) is 11.9 Å². The standard InChI is InChI=1S/C17H20FNO2/c1-12(15-5-3-4-6-17(15)21-2)19-11-16(20)13-7-9-14(18)10-8-13/h3-10,12,16,19-20H,11H2,1-2H3. The van der Waals surface area contributed by atoms with Crippen LogP contribution in [-0.4, -0.2) is 18.8 Å². The van der Waals surface area contributed by atoms with Gasteiger partial charge in [0.05, 0.1) is 13.2 Å². The molecular formula is C17H20FNO2. The van der Waals surface area contributed by atoms with E-state index in [1.807, 2.05) is 31.2 Å². The van der Waals surface area contributed by atoms with Gasteiger partial charge in [0.2, 0.25) is 0 Å². The van der Waals surface area contributed by atoms with Crippen molar-refractivity contribution in [1.29, 1.82) is 0 Å². The van der Waals surface area contributed by atoms with E-state index in [0.717, 1.165) is 11.3 Å². The zero-order chi connectivity index (χ0) is 15.2. The van der Waals surface area contributed by atoms with Gasteiger partial charge in [-0.25, -0.2) is 4.39 Å². The van der Waals surface area contributed by atoms with Crippen molar-refractivity contribution in [1.82, 2.24) is 5.32 Å². The molecule has 112 valence electrons. The Morgan fingerprint density at radius 3 is 2.48 bits per heavy atom. The molecule has 0 radical (unpaired) electrons. The highest BCUT2D eigenvalue weighted by molar-refractivity contribution is 5.35. The fourth-order valence-corrected chi connectivity index (χ4v) is 2.23. The monoisotopic (exact) mass is 289 g/mol. The number of hydrogen-bond acceptors (Lipinski definition) is 3. The van der Waals surface area contributed by atoms with Gasteiger partial charge >= 0.3 is 0 Å². The molecule has 2 N–H and O–H groups in total. The molecule has 0 amide bonds. The summed E-state index contributed by atoms with van der Waals surface area (Å²) in [5.41, 5.74) is 1.72. The molecule has 0 aliphatic carbocycles. The van der Waals surface area contributed by atoms with Crippen molar-refractivity contribution in [3.8, 4) is 5.75 Å². The van der Waals surface area contributed by atoms with Gasteiger partial charge in [0.15, 0.2) is 0 Å². The van der Waals surface area contributed by atoms with Gasteiger partial charge in [0.1, 0.15) is 11.6 Å². The third-order valence-electron chi connectivity index (χ3n) is 3.48. The number of ether oxygens (including phenoxy) is 1. The van der Waals surface area contributed by atoms with Crippen LogP contribution in [-0.2, 0) is 0 Å². The second-order valence-electron chi connectivity index (χ2n) is 4.94. The summed E-state index contributed by atoms with van der Waals surface area (Å²) in [5.74, 6) is 0.509. The molecule has 0 aromatic heterocycles. The van der Waals surface area contributed by atoms with Crippen LogP contribution in [0.1, 0.15) is 30.2 Å². The number of methoxy groups -OCH3 is 1. The van der Waals surface area contributed by atoms with Crippen LogP contribution in [0.3, 0.4) is 0 Å². The first-order valence-electron chi connectivity index (χ1n) is 6.91. The molecule has 2 aromatic carbocycles. The lowest BCUT2D eigenvalue weighted by Crippen LogP contribution is -2.25. The van der Waals surface area contributed by atoms with E-state index in [1.165, 1.54) is 12.1 Å². The minimum absolute atomic E-state index is 0.0382. The first kappa shape index (κ1) is 15.5. The topological polar surface area (TPSA) is 41.5 Å². The van der Waals surface area contributed by atoms with Crippen LogP contribution >= 0.6 is 0 Å². The molecule has 4 heteroatoms. The van der Waals surface area contributed by atoms with Crippen LogP contribution in [0.25, 0.3) is 0 Å². The maximum absolute atomic E-state index is 12.9. The van der Waals surface area contributed by atoms with E-state index in [0.29, 0.717) is 12.1 Å². The molecule has 3 nitrogen and oxygen atoms in total. The number of nitrogens with one attached hydrogen (secondary N) is 1. The van der Waals surface area contributed by atoms with Gasteiger partial charge in [-0.15, -0.1) is 0 Å². The van der Waals surface area contributed by atoms with Crippen LogP contribution in [0, 0.1) is 5.82 Å². The number of hydrogen-bond donors (Lipinski definition) is 2. The Balaban J connectivity index is 1.97. The van der Waals surface area contributed by atoms with Gasteiger partial charge in [-0.05, 0) is 30.7 Å². The summed E-state index contributed by atoms with van der Waals surface area (Å²) in [7, 11) is 1.64. The highest BCUT2D eigenvalue weighted by Gasteiger charge is 2.13. The Morgan fingerprint density at radius 2 is 1.81 bits per heavy atom. The largest absolute Gasteiger partial charge is 0.496 e. The highest BCUT2D eigenvalue weighted by Crippen LogP contribution is 2.24. The Kier molecular flexibility index (Phi) is 5.31. The molecule has 2 aromatic rings. The van der Waals surface area contributed by atoms with Crippen LogP contribution in [0.15, 0.2) is 48.5 Å². The molecule has 0 heterocycles. The molecule has 0 aliphatic heterocycles. The highest BCUT2D eigenvalue weighted by atomic mass is 19.1. The SMILES string of the molecule is COc1ccccc1C(C)NCC(O)c1ccc(F)cc1. The Labute approximate surface area is 124 Å². The second kappa shape index (κ2) is 7.20. The number of rotatable bonds is 6. The number of para-hydroxylation sites is 1. The number of aliphatic hydroxyl groups excluding tert-OH is 1. The first-order valence-corrected chi connectivity index (χ1v) is 6.91. The summed E-state index contributed by atoms with van der Waals surface area (Å²) in [5, 5.41) is 13.4. The maximum Gasteiger partial charge on any atom is 0.123 e. The third kappa shape index (κ3) is 4.03. The maximum atomic E-state index is 12.9. The average Bonchev–Trinajstić information content (AvgIpc) is 2.52. The second-order valence-corrected chi connectivity index (χ2v) is 4.94. The lowest BCUT2D eigenvalue weighted by molar-refractivity contribution is 0.170. The van der Waals surface area contributed by atoms with Crippen LogP contribution in [0.5, 0.6) is 5.75 Å². The minimum Gasteiger partial charge on any atom is -0.496 e. The van der Waals surface area contributed by atoms with Crippen molar-refractivity contribution < 1.29 is 14.2 Å². The van der Waals surface area contributed by atoms with Gasteiger partial charge in [0, 0.05) is 18.2 Å². The molecule has 2 rings (SSSR count). The fraction of sp³-hybridized carbons (Fsp3) is 0.294. The zero-order valence-electron chi connectivity index (χ0n) is 12.2. The number of halogens is 1. The van der Waals surface area contributed by atoms with E-state index in [4.69, 9.17) is 4.74 Å². The van der Waals surface area contributed by atoms with E-state index in [2.05, 4.69) is 5.32 Å². The van der Waals surface area contributed by atoms with E-state index < -0.39 is 6.10 Å². The molecule has 2 atom stereocenters. The summed E-state index contributed by atoms with van der Waals surface area (Å²) < 4.78 is 18.2. The van der Waals surface area contributed by atoms with Crippen LogP contribution in [0.4, 0.5) is 4.39 Å². The normalized spacial score (nSPS) is 13.7. The van der Waals surface area contributed by atoms with Gasteiger partial charge in [-0.2, -0.15) is 0 Å². The molecule has 0 saturated carbocycles. The van der Waals surface area contributed by atoms with Crippen molar-refractivity contribution in [2.24, 2.45) is 0 Å². The van der Waals surface area contributed by atoms with E-state index in [9.17, 15) is 9.50 Å². The summed E-state index contributed by atoms with van der Waals surface area (Å²) in [6.45, 7) is 2.39. The van der Waals surface area contributed by atoms with E-state index >= 15 is 0 Å². The number of benzene rings is 2. The Morgan fingerprint density at radius 1 is 1.14 bits per heavy atom. The van der Waals surface area contributed by atoms with Crippen molar-refractivity contribution in [3.63, 3.8) is 0 Å². The summed E-state index contributed by atoms with van der Waals surface area (Å²) in [6, 6.07) is 13.7. The van der Waals surface area contributed by atoms with Crippen molar-refractivity contribution in [2.45, 2.75) is 19.1 Å². The molecule has 0 aliphatic rings. The van der Waals surface area contributed by atoms with Gasteiger partial charge in [0.25, 0.3) is 0 Å². The first-order chi connectivity index (χ1) is 10.1. The van der Waals surface area contributed by atoms with Crippen molar-refractivity contribution in [3.05, 3.63) is 65.5 Å². The van der Waals surface area contributed by atoms with Gasteiger partial charge in [-0.1, -0.05) is 30.3 Å². The summed E-state index contributed by atoms with van der Waals surface area (Å²) >= 11 is 0. The molecule has 0 bridgehead atoms. The smallest absolute Gasteiger partial charge is 0.123 e. The Bertz CT molecular complexity index is 571. The summed E-state index contributed by atoms with van der Waals surface area (Å²) in [6.07, 6.45) is -0.678. The molecule has 0 saturated heterocycles. The van der Waals surface area contributed by atoms with Crippen molar-refractivity contribution >= 4 is 0 Å². The molecule has 21 heavy (non-hydrogen) atoms. The predicted molar refractivity (Wildman–Crippen MR) is 80.8 cm³/mol. The third-order valence-corrected chi connectivity index (χ3v) is 3.48. The fourth-order valence-electron chi connectivity index (χ4n) is 2.23.